The molecule has 12 heteroatoms. The molecule has 0 radical (unpaired) electrons. The lowest BCUT2D eigenvalue weighted by Crippen LogP contribution is -2.48. The van der Waals surface area contributed by atoms with Crippen molar-refractivity contribution in [3.63, 3.8) is 0 Å². The van der Waals surface area contributed by atoms with Crippen molar-refractivity contribution in [2.24, 2.45) is 11.8 Å². The first-order chi connectivity index (χ1) is 28.3. The molecule has 0 saturated heterocycles. The second kappa shape index (κ2) is 16.7. The van der Waals surface area contributed by atoms with Crippen LogP contribution in [0.3, 0.4) is 0 Å². The standard InChI is InChI=1S/C46H54N2O10/c1-4-47-25-58-36-21-34(54-2)30-13-14-31-39-33(48-45(53)42(36)41(30)39)20-35-40(31)43(51)32(24-57-35)26-18-37(55-3)44(52)38(19-26)56-23-29(22-50)46(27-10-6-5-7-11-27)16-9-8-12-28(46)15-17-49/h5-7,10-11,17-21,28-29,32,43,45,47-48,50-53H,4,8-9,12-16,22-25H2,1-3H3/t28-,29+,32+,43+,45-,46+/m1/s1. The van der Waals surface area contributed by atoms with Crippen LogP contribution < -0.4 is 34.3 Å². The number of aldehydes is 1. The van der Waals surface area contributed by atoms with Crippen molar-refractivity contribution in [3.8, 4) is 45.6 Å². The summed E-state index contributed by atoms with van der Waals surface area (Å²) in [5.41, 5.74) is 6.81. The molecule has 4 aromatic rings. The maximum absolute atomic E-state index is 12.4. The quantitative estimate of drug-likeness (QED) is 0.0443. The summed E-state index contributed by atoms with van der Waals surface area (Å²) in [6.45, 7) is 3.00. The maximum Gasteiger partial charge on any atom is 0.200 e. The van der Waals surface area contributed by atoms with E-state index in [1.54, 1.807) is 19.2 Å². The molecule has 2 heterocycles. The fourth-order valence-electron chi connectivity index (χ4n) is 10.3. The Morgan fingerprint density at radius 3 is 2.47 bits per heavy atom. The zero-order valence-electron chi connectivity index (χ0n) is 33.4. The van der Waals surface area contributed by atoms with E-state index in [1.165, 1.54) is 7.11 Å². The van der Waals surface area contributed by atoms with Gasteiger partial charge in [0.1, 0.15) is 30.3 Å². The van der Waals surface area contributed by atoms with Crippen LogP contribution in [0, 0.1) is 11.8 Å². The summed E-state index contributed by atoms with van der Waals surface area (Å²) < 4.78 is 30.5. The summed E-state index contributed by atoms with van der Waals surface area (Å²) >= 11 is 0. The van der Waals surface area contributed by atoms with Crippen LogP contribution in [-0.2, 0) is 23.1 Å². The average Bonchev–Trinajstić information content (AvgIpc) is 3.24. The number of phenolic OH excluding ortho intramolecular Hbond substituents is 1. The molecule has 6 atom stereocenters. The number of aromatic hydroxyl groups is 1. The summed E-state index contributed by atoms with van der Waals surface area (Å²) in [4.78, 5) is 12.0. The highest BCUT2D eigenvalue weighted by molar-refractivity contribution is 5.93. The molecule has 308 valence electrons. The molecule has 4 aliphatic rings. The number of hydrogen-bond acceptors (Lipinski definition) is 12. The molecule has 0 aromatic heterocycles. The number of ether oxygens (including phenoxy) is 5. The molecular weight excluding hydrogens is 741 g/mol. The highest BCUT2D eigenvalue weighted by atomic mass is 16.5. The first-order valence-electron chi connectivity index (χ1n) is 20.5. The van der Waals surface area contributed by atoms with Crippen LogP contribution in [0.25, 0.3) is 11.1 Å². The molecule has 1 fully saturated rings. The van der Waals surface area contributed by atoms with E-state index in [-0.39, 0.29) is 55.6 Å². The topological polar surface area (TPSA) is 168 Å². The number of rotatable bonds is 15. The molecule has 0 unspecified atom stereocenters. The van der Waals surface area contributed by atoms with Gasteiger partial charge in [0.15, 0.2) is 17.7 Å². The van der Waals surface area contributed by atoms with Crippen LogP contribution in [0.1, 0.15) is 90.7 Å². The van der Waals surface area contributed by atoms with Gasteiger partial charge >= 0.3 is 0 Å². The van der Waals surface area contributed by atoms with Gasteiger partial charge in [0.2, 0.25) is 5.75 Å². The van der Waals surface area contributed by atoms with Gasteiger partial charge in [-0.25, -0.2) is 0 Å². The van der Waals surface area contributed by atoms with E-state index in [0.717, 1.165) is 66.3 Å². The molecular formula is C46H54N2O10. The minimum atomic E-state index is -1.04. The Labute approximate surface area is 339 Å². The van der Waals surface area contributed by atoms with Crippen molar-refractivity contribution >= 4 is 12.0 Å². The van der Waals surface area contributed by atoms with E-state index >= 15 is 0 Å². The zero-order chi connectivity index (χ0) is 40.6. The summed E-state index contributed by atoms with van der Waals surface area (Å²) in [6.07, 6.45) is 4.17. The number of benzene rings is 4. The Bertz CT molecular complexity index is 2140. The van der Waals surface area contributed by atoms with E-state index in [4.69, 9.17) is 23.7 Å². The van der Waals surface area contributed by atoms with Crippen LogP contribution in [0.15, 0.2) is 54.6 Å². The third kappa shape index (κ3) is 6.69. The Kier molecular flexibility index (Phi) is 11.5. The monoisotopic (exact) mass is 794 g/mol. The first-order valence-corrected chi connectivity index (χ1v) is 20.5. The molecule has 8 rings (SSSR count). The smallest absolute Gasteiger partial charge is 0.200 e. The highest BCUT2D eigenvalue weighted by Gasteiger charge is 2.48. The fourth-order valence-corrected chi connectivity index (χ4v) is 10.3. The summed E-state index contributed by atoms with van der Waals surface area (Å²) in [5, 5.41) is 52.7. The largest absolute Gasteiger partial charge is 0.502 e. The van der Waals surface area contributed by atoms with Crippen LogP contribution in [0.4, 0.5) is 5.69 Å². The lowest BCUT2D eigenvalue weighted by molar-refractivity contribution is -0.110. The predicted molar refractivity (Wildman–Crippen MR) is 218 cm³/mol. The third-order valence-electron chi connectivity index (χ3n) is 13.1. The van der Waals surface area contributed by atoms with Gasteiger partial charge in [0.05, 0.1) is 45.7 Å². The predicted octanol–water partition coefficient (Wildman–Crippen LogP) is 6.45. The summed E-state index contributed by atoms with van der Waals surface area (Å²) in [5.74, 6) is 0.959. The van der Waals surface area contributed by atoms with Crippen molar-refractivity contribution in [1.82, 2.24) is 5.32 Å². The molecule has 6 N–H and O–H groups in total. The Morgan fingerprint density at radius 1 is 0.948 bits per heavy atom. The lowest BCUT2D eigenvalue weighted by Gasteiger charge is -2.49. The van der Waals surface area contributed by atoms with E-state index in [1.807, 2.05) is 37.3 Å². The average molecular weight is 795 g/mol. The summed E-state index contributed by atoms with van der Waals surface area (Å²) in [7, 11) is 3.10. The van der Waals surface area contributed by atoms with Gasteiger partial charge in [-0.2, -0.15) is 0 Å². The number of aliphatic hydroxyl groups excluding tert-OH is 3. The van der Waals surface area contributed by atoms with E-state index in [9.17, 15) is 25.2 Å². The van der Waals surface area contributed by atoms with E-state index in [0.29, 0.717) is 58.9 Å². The fraction of sp³-hybridized carbons (Fsp3) is 0.457. The molecule has 4 aromatic carbocycles. The number of carbonyl (C=O) groups excluding carboxylic acids is 1. The van der Waals surface area contributed by atoms with Crippen molar-refractivity contribution in [1.29, 1.82) is 0 Å². The second-order valence-electron chi connectivity index (χ2n) is 15.8. The normalized spacial score (nSPS) is 23.3. The number of aliphatic hydroxyl groups is 3. The van der Waals surface area contributed by atoms with Gasteiger partial charge in [0, 0.05) is 63.7 Å². The van der Waals surface area contributed by atoms with Crippen LogP contribution in [-0.4, -0.2) is 74.0 Å². The van der Waals surface area contributed by atoms with Crippen molar-refractivity contribution in [3.05, 3.63) is 88.0 Å². The molecule has 0 bridgehead atoms. The zero-order valence-corrected chi connectivity index (χ0v) is 33.4. The van der Waals surface area contributed by atoms with Gasteiger partial charge in [-0.05, 0) is 67.0 Å². The Hall–Kier alpha value is -5.01. The van der Waals surface area contributed by atoms with Crippen LogP contribution >= 0.6 is 0 Å². The molecule has 0 amide bonds. The van der Waals surface area contributed by atoms with Gasteiger partial charge in [-0.1, -0.05) is 50.1 Å². The first kappa shape index (κ1) is 39.8. The van der Waals surface area contributed by atoms with Gasteiger partial charge in [-0.15, -0.1) is 0 Å². The van der Waals surface area contributed by atoms with Gasteiger partial charge in [-0.3, -0.25) is 5.32 Å². The number of phenols is 1. The third-order valence-corrected chi connectivity index (χ3v) is 13.1. The maximum atomic E-state index is 12.4. The molecule has 58 heavy (non-hydrogen) atoms. The van der Waals surface area contributed by atoms with Crippen LogP contribution in [0.2, 0.25) is 0 Å². The number of fused-ring (bicyclic) bond motifs is 2. The minimum absolute atomic E-state index is 0.0255. The number of methoxy groups -OCH3 is 2. The van der Waals surface area contributed by atoms with E-state index < -0.39 is 23.7 Å². The van der Waals surface area contributed by atoms with Crippen LogP contribution in [0.5, 0.6) is 34.5 Å². The van der Waals surface area contributed by atoms with Crippen molar-refractivity contribution < 1.29 is 48.9 Å². The molecule has 1 saturated carbocycles. The lowest BCUT2D eigenvalue weighted by atomic mass is 9.56. The molecule has 0 spiro atoms. The van der Waals surface area contributed by atoms with E-state index in [2.05, 4.69) is 22.8 Å². The number of nitrogens with one attached hydrogen (secondary N) is 2. The number of carbonyl (C=O) groups is 1. The van der Waals surface area contributed by atoms with Crippen molar-refractivity contribution in [2.45, 2.75) is 75.5 Å². The van der Waals surface area contributed by atoms with Gasteiger partial charge < -0.3 is 54.2 Å². The highest BCUT2D eigenvalue weighted by Crippen LogP contribution is 2.58. The van der Waals surface area contributed by atoms with Gasteiger partial charge in [0.25, 0.3) is 0 Å². The minimum Gasteiger partial charge on any atom is -0.502 e. The molecule has 12 nitrogen and oxygen atoms in total. The second-order valence-corrected chi connectivity index (χ2v) is 15.8. The Morgan fingerprint density at radius 2 is 1.72 bits per heavy atom. The SMILES string of the molecule is CCNCOc1cc(OC)c2c3c1[C@@H](O)Nc1cc4c(c(c1-3)CC2)[C@@H](O)[C@H](c1cc(OC)c(O)c(OC[C@H](CO)[C@]2(c3ccccc3)CCCC[C@@H]2CC=O)c1)CO4. The number of hydrogen-bond donors (Lipinski definition) is 6. The molecule has 2 aliphatic heterocycles. The molecule has 2 aliphatic carbocycles. The van der Waals surface area contributed by atoms with Crippen molar-refractivity contribution in [2.75, 3.05) is 52.6 Å². The Balaban J connectivity index is 1.14. The summed E-state index contributed by atoms with van der Waals surface area (Å²) in [6, 6.07) is 17.2. The number of anilines is 1.